The van der Waals surface area contributed by atoms with Crippen LogP contribution in [-0.2, 0) is 18.3 Å². The molecule has 94 valence electrons. The fourth-order valence-corrected chi connectivity index (χ4v) is 1.54. The van der Waals surface area contributed by atoms with E-state index < -0.39 is 17.9 Å². The van der Waals surface area contributed by atoms with Gasteiger partial charge in [0.25, 0.3) is 5.56 Å². The summed E-state index contributed by atoms with van der Waals surface area (Å²) in [6, 6.07) is 0. The molecule has 0 aromatic carbocycles. The smallest absolute Gasteiger partial charge is 0.308 e. The van der Waals surface area contributed by atoms with Gasteiger partial charge in [0.1, 0.15) is 11.5 Å². The van der Waals surface area contributed by atoms with Crippen LogP contribution in [-0.4, -0.2) is 30.6 Å². The van der Waals surface area contributed by atoms with E-state index in [0.717, 1.165) is 0 Å². The molecule has 0 radical (unpaired) electrons. The zero-order chi connectivity index (χ0) is 13.3. The number of anilines is 1. The molecule has 2 aromatic rings. The molecule has 0 aliphatic carbocycles. The number of nitrogens with zero attached hydrogens (tertiary/aromatic N) is 3. The van der Waals surface area contributed by atoms with Crippen molar-refractivity contribution < 1.29 is 9.90 Å². The number of nitrogens with one attached hydrogen (secondary N) is 1. The Kier molecular flexibility index (Phi) is 2.84. The molecule has 0 saturated heterocycles. The van der Waals surface area contributed by atoms with Gasteiger partial charge in [-0.15, -0.1) is 0 Å². The van der Waals surface area contributed by atoms with E-state index in [9.17, 15) is 9.59 Å². The minimum Gasteiger partial charge on any atom is -0.481 e. The zero-order valence-electron chi connectivity index (χ0n) is 9.54. The van der Waals surface area contributed by atoms with Crippen molar-refractivity contribution in [2.24, 2.45) is 7.05 Å². The number of carboxylic acid groups (broad SMARTS) is 1. The second-order valence-electron chi connectivity index (χ2n) is 3.74. The summed E-state index contributed by atoms with van der Waals surface area (Å²) in [5.74, 6) is -0.966. The molecule has 0 spiro atoms. The molecule has 2 aromatic heterocycles. The number of rotatable bonds is 3. The molecular weight excluding hydrogens is 238 g/mol. The molecule has 0 amide bonds. The monoisotopic (exact) mass is 249 g/mol. The van der Waals surface area contributed by atoms with Crippen LogP contribution in [0, 0.1) is 0 Å². The van der Waals surface area contributed by atoms with Gasteiger partial charge in [0.2, 0.25) is 0 Å². The van der Waals surface area contributed by atoms with Crippen LogP contribution in [0.5, 0.6) is 0 Å². The van der Waals surface area contributed by atoms with Gasteiger partial charge >= 0.3 is 5.97 Å². The Bertz CT molecular complexity index is 658. The first-order chi connectivity index (χ1) is 8.49. The Morgan fingerprint density at radius 3 is 2.83 bits per heavy atom. The van der Waals surface area contributed by atoms with E-state index in [-0.39, 0.29) is 17.2 Å². The lowest BCUT2D eigenvalue weighted by molar-refractivity contribution is -0.136. The molecular formula is C10H11N5O3. The Labute approximate surface area is 101 Å². The maximum absolute atomic E-state index is 11.7. The Morgan fingerprint density at radius 1 is 1.61 bits per heavy atom. The molecule has 0 aliphatic heterocycles. The third-order valence-electron chi connectivity index (χ3n) is 2.43. The van der Waals surface area contributed by atoms with Crippen molar-refractivity contribution in [2.45, 2.75) is 6.42 Å². The lowest BCUT2D eigenvalue weighted by Gasteiger charge is -2.05. The number of aromatic nitrogens is 4. The van der Waals surface area contributed by atoms with Crippen molar-refractivity contribution in [3.8, 4) is 11.5 Å². The Hall–Kier alpha value is -2.64. The molecule has 0 saturated carbocycles. The van der Waals surface area contributed by atoms with Gasteiger partial charge in [-0.1, -0.05) is 0 Å². The molecule has 18 heavy (non-hydrogen) atoms. The molecule has 0 aliphatic rings. The van der Waals surface area contributed by atoms with Crippen LogP contribution in [0.1, 0.15) is 5.56 Å². The summed E-state index contributed by atoms with van der Waals surface area (Å²) in [6.07, 6.45) is 2.62. The molecule has 2 rings (SSSR count). The van der Waals surface area contributed by atoms with Crippen LogP contribution in [0.4, 0.5) is 5.82 Å². The van der Waals surface area contributed by atoms with Gasteiger partial charge in [0.05, 0.1) is 24.5 Å². The number of H-pyrrole nitrogens is 1. The van der Waals surface area contributed by atoms with Gasteiger partial charge in [0.15, 0.2) is 5.82 Å². The van der Waals surface area contributed by atoms with E-state index in [2.05, 4.69) is 15.0 Å². The summed E-state index contributed by atoms with van der Waals surface area (Å²) in [6.45, 7) is 0. The number of carboxylic acids is 1. The highest BCUT2D eigenvalue weighted by Crippen LogP contribution is 2.14. The van der Waals surface area contributed by atoms with E-state index in [1.807, 2.05) is 0 Å². The average molecular weight is 249 g/mol. The summed E-state index contributed by atoms with van der Waals surface area (Å²) < 4.78 is 1.66. The van der Waals surface area contributed by atoms with Gasteiger partial charge in [-0.05, 0) is 0 Å². The molecule has 4 N–H and O–H groups in total. The molecule has 2 heterocycles. The van der Waals surface area contributed by atoms with E-state index in [1.165, 1.54) is 6.20 Å². The molecule has 0 atom stereocenters. The maximum atomic E-state index is 11.7. The standard InChI is InChI=1S/C10H11N5O3/c1-15-4-12-3-6(15)9-13-8(11)5(2-7(16)17)10(18)14-9/h3-4H,2H2,1H3,(H,16,17)(H3,11,13,14,18). The van der Waals surface area contributed by atoms with Crippen molar-refractivity contribution in [3.63, 3.8) is 0 Å². The number of nitrogens with two attached hydrogens (primary N) is 1. The predicted molar refractivity (Wildman–Crippen MR) is 62.8 cm³/mol. The van der Waals surface area contributed by atoms with Gasteiger partial charge in [-0.2, -0.15) is 0 Å². The largest absolute Gasteiger partial charge is 0.481 e. The number of nitrogen functional groups attached to an aromatic ring is 1. The molecule has 8 nitrogen and oxygen atoms in total. The predicted octanol–water partition coefficient (Wildman–Crippen LogP) is -0.620. The fourth-order valence-electron chi connectivity index (χ4n) is 1.54. The van der Waals surface area contributed by atoms with Crippen LogP contribution in [0.2, 0.25) is 0 Å². The maximum Gasteiger partial charge on any atom is 0.308 e. The molecule has 8 heteroatoms. The van der Waals surface area contributed by atoms with Gasteiger partial charge < -0.3 is 20.4 Å². The highest BCUT2D eigenvalue weighted by molar-refractivity contribution is 5.72. The summed E-state index contributed by atoms with van der Waals surface area (Å²) in [5.41, 5.74) is 5.58. The average Bonchev–Trinajstić information content (AvgIpc) is 2.69. The SMILES string of the molecule is Cn1cncc1-c1nc(N)c(CC(=O)O)c(=O)[nH]1. The van der Waals surface area contributed by atoms with Crippen LogP contribution in [0.3, 0.4) is 0 Å². The summed E-state index contributed by atoms with van der Waals surface area (Å²) >= 11 is 0. The minimum atomic E-state index is -1.14. The van der Waals surface area contributed by atoms with Crippen molar-refractivity contribution in [1.82, 2.24) is 19.5 Å². The summed E-state index contributed by atoms with van der Waals surface area (Å²) in [5, 5.41) is 8.66. The van der Waals surface area contributed by atoms with Crippen LogP contribution < -0.4 is 11.3 Å². The highest BCUT2D eigenvalue weighted by atomic mass is 16.4. The van der Waals surface area contributed by atoms with E-state index in [1.54, 1.807) is 17.9 Å². The first-order valence-electron chi connectivity index (χ1n) is 5.06. The van der Waals surface area contributed by atoms with Gasteiger partial charge in [-0.3, -0.25) is 9.59 Å². The minimum absolute atomic E-state index is 0.0478. The third-order valence-corrected chi connectivity index (χ3v) is 2.43. The second-order valence-corrected chi connectivity index (χ2v) is 3.74. The lowest BCUT2D eigenvalue weighted by Crippen LogP contribution is -2.21. The Balaban J connectivity index is 2.53. The summed E-state index contributed by atoms with van der Waals surface area (Å²) in [7, 11) is 1.74. The number of hydrogen-bond donors (Lipinski definition) is 3. The third kappa shape index (κ3) is 2.08. The number of hydrogen-bond acceptors (Lipinski definition) is 5. The topological polar surface area (TPSA) is 127 Å². The number of aromatic amines is 1. The highest BCUT2D eigenvalue weighted by Gasteiger charge is 2.14. The second kappa shape index (κ2) is 4.32. The molecule has 0 fully saturated rings. The van der Waals surface area contributed by atoms with E-state index >= 15 is 0 Å². The van der Waals surface area contributed by atoms with E-state index in [4.69, 9.17) is 10.8 Å². The number of imidazole rings is 1. The van der Waals surface area contributed by atoms with Crippen molar-refractivity contribution in [2.75, 3.05) is 5.73 Å². The van der Waals surface area contributed by atoms with E-state index in [0.29, 0.717) is 5.69 Å². The Morgan fingerprint density at radius 2 is 2.33 bits per heavy atom. The first kappa shape index (κ1) is 11.8. The van der Waals surface area contributed by atoms with Crippen LogP contribution in [0.25, 0.3) is 11.5 Å². The number of aliphatic carboxylic acids is 1. The number of carbonyl (C=O) groups is 1. The number of aryl methyl sites for hydroxylation is 1. The van der Waals surface area contributed by atoms with Gasteiger partial charge in [-0.25, -0.2) is 9.97 Å². The van der Waals surface area contributed by atoms with Crippen LogP contribution in [0.15, 0.2) is 17.3 Å². The molecule has 0 bridgehead atoms. The normalized spacial score (nSPS) is 10.5. The van der Waals surface area contributed by atoms with Crippen molar-refractivity contribution in [3.05, 3.63) is 28.4 Å². The van der Waals surface area contributed by atoms with Crippen LogP contribution >= 0.6 is 0 Å². The first-order valence-corrected chi connectivity index (χ1v) is 5.06. The fraction of sp³-hybridized carbons (Fsp3) is 0.200. The zero-order valence-corrected chi connectivity index (χ0v) is 9.54. The van der Waals surface area contributed by atoms with Crippen molar-refractivity contribution >= 4 is 11.8 Å². The van der Waals surface area contributed by atoms with Gasteiger partial charge in [0, 0.05) is 7.05 Å². The quantitative estimate of drug-likeness (QED) is 0.665. The summed E-state index contributed by atoms with van der Waals surface area (Å²) in [4.78, 5) is 32.7. The van der Waals surface area contributed by atoms with Crippen molar-refractivity contribution in [1.29, 1.82) is 0 Å². The lowest BCUT2D eigenvalue weighted by atomic mass is 10.2. The molecule has 0 unspecified atom stereocenters.